The van der Waals surface area contributed by atoms with E-state index in [4.69, 9.17) is 16.3 Å². The number of rotatable bonds is 6. The Balaban J connectivity index is 1.47. The van der Waals surface area contributed by atoms with Crippen LogP contribution in [0, 0.1) is 46.3 Å². The Morgan fingerprint density at radius 1 is 1.10 bits per heavy atom. The lowest BCUT2D eigenvalue weighted by Gasteiger charge is -2.58. The molecule has 0 amide bonds. The molecule has 4 aliphatic rings. The highest BCUT2D eigenvalue weighted by molar-refractivity contribution is 6.61. The van der Waals surface area contributed by atoms with E-state index in [0.717, 1.165) is 54.8 Å². The van der Waals surface area contributed by atoms with Crippen molar-refractivity contribution in [2.24, 2.45) is 46.3 Å². The number of allylic oxidation sites excluding steroid dienone is 1. The summed E-state index contributed by atoms with van der Waals surface area (Å²) >= 11 is 5.51. The maximum atomic E-state index is 11.2. The van der Waals surface area contributed by atoms with Crippen LogP contribution in [0.1, 0.15) is 105 Å². The molecule has 2 nitrogen and oxygen atoms in total. The summed E-state index contributed by atoms with van der Waals surface area (Å²) in [5, 5.41) is 0. The second-order valence-electron chi connectivity index (χ2n) is 12.5. The van der Waals surface area contributed by atoms with Crippen LogP contribution in [0.25, 0.3) is 0 Å². The van der Waals surface area contributed by atoms with Crippen LogP contribution in [0.2, 0.25) is 0 Å². The number of halogens is 1. The van der Waals surface area contributed by atoms with E-state index in [1.165, 1.54) is 51.4 Å². The lowest BCUT2D eigenvalue weighted by Crippen LogP contribution is -2.51. The summed E-state index contributed by atoms with van der Waals surface area (Å²) in [7, 11) is 0. The van der Waals surface area contributed by atoms with Crippen LogP contribution in [0.3, 0.4) is 0 Å². The average molecular weight is 449 g/mol. The molecule has 3 heteroatoms. The van der Waals surface area contributed by atoms with Crippen molar-refractivity contribution in [3.63, 3.8) is 0 Å². The standard InChI is InChI=1S/C28H45ClO2/c1-18(2)7-6-8-19(3)23-11-12-24-22-10-9-20-17-21(31-26(29)30)13-15-27(20,4)25(22)14-16-28(23,24)5/h9,18-19,21-25H,6-8,10-17H2,1-5H3/t19-,21+,22+,23-,24?,25?,27+,28-/m1/s1. The molecule has 0 bridgehead atoms. The predicted molar refractivity (Wildman–Crippen MR) is 129 cm³/mol. The Labute approximate surface area is 195 Å². The third-order valence-corrected chi connectivity index (χ3v) is 10.6. The van der Waals surface area contributed by atoms with Gasteiger partial charge in [0.25, 0.3) is 0 Å². The molecule has 3 fully saturated rings. The van der Waals surface area contributed by atoms with Gasteiger partial charge in [-0.2, -0.15) is 0 Å². The van der Waals surface area contributed by atoms with Gasteiger partial charge < -0.3 is 4.74 Å². The second-order valence-corrected chi connectivity index (χ2v) is 12.8. The predicted octanol–water partition coefficient (Wildman–Crippen LogP) is 8.77. The van der Waals surface area contributed by atoms with E-state index in [9.17, 15) is 4.79 Å². The molecular weight excluding hydrogens is 404 g/mol. The van der Waals surface area contributed by atoms with Crippen molar-refractivity contribution in [1.82, 2.24) is 0 Å². The molecule has 31 heavy (non-hydrogen) atoms. The fourth-order valence-electron chi connectivity index (χ4n) is 8.88. The maximum absolute atomic E-state index is 11.2. The molecule has 8 atom stereocenters. The molecule has 0 aromatic heterocycles. The lowest BCUT2D eigenvalue weighted by molar-refractivity contribution is -0.0573. The first-order valence-corrected chi connectivity index (χ1v) is 13.6. The van der Waals surface area contributed by atoms with E-state index in [0.29, 0.717) is 10.8 Å². The SMILES string of the molecule is CC(C)CCC[C@@H](C)[C@H]1CCC2[C@@H]3CC=C4C[C@@H](OC(=O)Cl)CC[C@]4(C)C3CC[C@@]21C. The zero-order valence-electron chi connectivity index (χ0n) is 20.6. The van der Waals surface area contributed by atoms with Crippen molar-refractivity contribution in [1.29, 1.82) is 0 Å². The molecule has 2 unspecified atom stereocenters. The molecule has 0 aromatic carbocycles. The largest absolute Gasteiger partial charge is 0.450 e. The van der Waals surface area contributed by atoms with Crippen LogP contribution in [0.5, 0.6) is 0 Å². The van der Waals surface area contributed by atoms with Crippen molar-refractivity contribution in [3.05, 3.63) is 11.6 Å². The average Bonchev–Trinajstić information content (AvgIpc) is 3.05. The van der Waals surface area contributed by atoms with Gasteiger partial charge in [0.2, 0.25) is 0 Å². The van der Waals surface area contributed by atoms with Crippen LogP contribution in [-0.4, -0.2) is 11.5 Å². The molecule has 0 aromatic rings. The van der Waals surface area contributed by atoms with E-state index in [1.807, 2.05) is 0 Å². The Kier molecular flexibility index (Phi) is 6.89. The molecule has 0 radical (unpaired) electrons. The minimum Gasteiger partial charge on any atom is -0.450 e. The summed E-state index contributed by atoms with van der Waals surface area (Å²) in [4.78, 5) is 11.2. The summed E-state index contributed by atoms with van der Waals surface area (Å²) < 4.78 is 5.38. The van der Waals surface area contributed by atoms with Gasteiger partial charge in [-0.05, 0) is 91.3 Å². The highest BCUT2D eigenvalue weighted by atomic mass is 35.5. The summed E-state index contributed by atoms with van der Waals surface area (Å²) in [5.74, 6) is 5.19. The van der Waals surface area contributed by atoms with E-state index >= 15 is 0 Å². The van der Waals surface area contributed by atoms with E-state index in [-0.39, 0.29) is 6.10 Å². The first kappa shape index (κ1) is 23.7. The topological polar surface area (TPSA) is 26.3 Å². The van der Waals surface area contributed by atoms with Gasteiger partial charge in [-0.15, -0.1) is 0 Å². The minimum atomic E-state index is -0.643. The monoisotopic (exact) mass is 448 g/mol. The number of carbonyl (C=O) groups excluding carboxylic acids is 1. The molecule has 3 saturated carbocycles. The fraction of sp³-hybridized carbons (Fsp3) is 0.893. The van der Waals surface area contributed by atoms with Crippen molar-refractivity contribution >= 4 is 17.0 Å². The van der Waals surface area contributed by atoms with Crippen LogP contribution < -0.4 is 0 Å². The normalized spacial score (nSPS) is 42.9. The first-order valence-electron chi connectivity index (χ1n) is 13.2. The van der Waals surface area contributed by atoms with E-state index < -0.39 is 5.43 Å². The third kappa shape index (κ3) is 4.36. The maximum Gasteiger partial charge on any atom is 0.404 e. The van der Waals surface area contributed by atoms with Crippen molar-refractivity contribution in [2.75, 3.05) is 0 Å². The van der Waals surface area contributed by atoms with Crippen LogP contribution in [0.4, 0.5) is 4.79 Å². The second kappa shape index (κ2) is 9.03. The zero-order chi connectivity index (χ0) is 22.4. The van der Waals surface area contributed by atoms with Gasteiger partial charge in [-0.25, -0.2) is 4.79 Å². The third-order valence-electron chi connectivity index (χ3n) is 10.5. The van der Waals surface area contributed by atoms with Crippen molar-refractivity contribution in [3.8, 4) is 0 Å². The molecule has 0 saturated heterocycles. The van der Waals surface area contributed by atoms with Gasteiger partial charge in [0.1, 0.15) is 6.10 Å². The molecule has 176 valence electrons. The number of fused-ring (bicyclic) bond motifs is 5. The quantitative estimate of drug-likeness (QED) is 0.299. The molecule has 0 aliphatic heterocycles. The first-order chi connectivity index (χ1) is 14.6. The van der Waals surface area contributed by atoms with Gasteiger partial charge in [0, 0.05) is 18.0 Å². The van der Waals surface area contributed by atoms with Gasteiger partial charge in [-0.1, -0.05) is 65.5 Å². The lowest BCUT2D eigenvalue weighted by atomic mass is 9.47. The Morgan fingerprint density at radius 2 is 1.87 bits per heavy atom. The van der Waals surface area contributed by atoms with Crippen LogP contribution >= 0.6 is 11.6 Å². The zero-order valence-corrected chi connectivity index (χ0v) is 21.3. The molecule has 0 N–H and O–H groups in total. The van der Waals surface area contributed by atoms with E-state index in [1.54, 1.807) is 5.57 Å². The Hall–Kier alpha value is -0.500. The molecule has 4 aliphatic carbocycles. The van der Waals surface area contributed by atoms with Crippen LogP contribution in [0.15, 0.2) is 11.6 Å². The minimum absolute atomic E-state index is 0.0164. The van der Waals surface area contributed by atoms with Gasteiger partial charge in [-0.3, -0.25) is 0 Å². The summed E-state index contributed by atoms with van der Waals surface area (Å²) in [6, 6.07) is 0. The Bertz CT molecular complexity index is 699. The number of carbonyl (C=O) groups is 1. The highest BCUT2D eigenvalue weighted by Crippen LogP contribution is 2.67. The summed E-state index contributed by atoms with van der Waals surface area (Å²) in [6.45, 7) is 12.5. The fourth-order valence-corrected chi connectivity index (χ4v) is 9.01. The summed E-state index contributed by atoms with van der Waals surface area (Å²) in [5.41, 5.74) is 1.77. The number of hydrogen-bond acceptors (Lipinski definition) is 2. The highest BCUT2D eigenvalue weighted by Gasteiger charge is 2.59. The number of ether oxygens (including phenoxy) is 1. The van der Waals surface area contributed by atoms with Gasteiger partial charge in [0.15, 0.2) is 0 Å². The van der Waals surface area contributed by atoms with Crippen molar-refractivity contribution < 1.29 is 9.53 Å². The molecular formula is C28H45ClO2. The Morgan fingerprint density at radius 3 is 2.58 bits per heavy atom. The van der Waals surface area contributed by atoms with Crippen LogP contribution in [-0.2, 0) is 4.74 Å². The van der Waals surface area contributed by atoms with Crippen molar-refractivity contribution in [2.45, 2.75) is 111 Å². The smallest absolute Gasteiger partial charge is 0.404 e. The number of hydrogen-bond donors (Lipinski definition) is 0. The van der Waals surface area contributed by atoms with E-state index in [2.05, 4.69) is 40.7 Å². The molecule has 0 heterocycles. The van der Waals surface area contributed by atoms with Gasteiger partial charge >= 0.3 is 5.43 Å². The summed E-state index contributed by atoms with van der Waals surface area (Å²) in [6.07, 6.45) is 16.7. The molecule has 0 spiro atoms. The van der Waals surface area contributed by atoms with Gasteiger partial charge in [0.05, 0.1) is 0 Å². The molecule has 4 rings (SSSR count).